The molecule has 0 bridgehead atoms. The van der Waals surface area contributed by atoms with Crippen molar-refractivity contribution >= 4 is 11.7 Å². The number of amidine groups is 1. The molecular weight excluding hydrogens is 216 g/mol. The van der Waals surface area contributed by atoms with Crippen LogP contribution in [0.15, 0.2) is 18.3 Å². The van der Waals surface area contributed by atoms with Crippen molar-refractivity contribution in [2.45, 2.75) is 19.9 Å². The van der Waals surface area contributed by atoms with Gasteiger partial charge in [-0.05, 0) is 26.0 Å². The minimum Gasteiger partial charge on any atom is -0.384 e. The van der Waals surface area contributed by atoms with Gasteiger partial charge in [-0.1, -0.05) is 0 Å². The van der Waals surface area contributed by atoms with Crippen LogP contribution in [0.4, 0.5) is 5.82 Å². The van der Waals surface area contributed by atoms with Crippen molar-refractivity contribution < 1.29 is 4.74 Å². The first-order valence-corrected chi connectivity index (χ1v) is 5.66. The van der Waals surface area contributed by atoms with E-state index in [1.54, 1.807) is 19.4 Å². The van der Waals surface area contributed by atoms with Crippen molar-refractivity contribution in [2.24, 2.45) is 5.73 Å². The van der Waals surface area contributed by atoms with Crippen LogP contribution in [0.1, 0.15) is 19.4 Å². The first-order chi connectivity index (χ1) is 8.11. The van der Waals surface area contributed by atoms with Crippen LogP contribution < -0.4 is 10.6 Å². The van der Waals surface area contributed by atoms with Crippen LogP contribution in [-0.4, -0.2) is 37.1 Å². The molecule has 0 saturated carbocycles. The van der Waals surface area contributed by atoms with Crippen LogP contribution in [-0.2, 0) is 4.74 Å². The molecular formula is C12H20N4O. The van der Waals surface area contributed by atoms with Crippen molar-refractivity contribution in [3.63, 3.8) is 0 Å². The van der Waals surface area contributed by atoms with Gasteiger partial charge in [0.25, 0.3) is 0 Å². The summed E-state index contributed by atoms with van der Waals surface area (Å²) in [5.74, 6) is 0.781. The van der Waals surface area contributed by atoms with Crippen LogP contribution in [0.3, 0.4) is 0 Å². The maximum absolute atomic E-state index is 7.57. The number of aromatic nitrogens is 1. The molecule has 17 heavy (non-hydrogen) atoms. The second kappa shape index (κ2) is 6.20. The molecule has 0 aliphatic heterocycles. The Morgan fingerprint density at radius 3 is 2.88 bits per heavy atom. The molecule has 0 spiro atoms. The van der Waals surface area contributed by atoms with E-state index in [0.29, 0.717) is 12.2 Å². The molecule has 0 fully saturated rings. The minimum atomic E-state index is 0.0381. The minimum absolute atomic E-state index is 0.0381. The third kappa shape index (κ3) is 3.17. The predicted octanol–water partition coefficient (Wildman–Crippen LogP) is 1.23. The molecule has 5 heteroatoms. The quantitative estimate of drug-likeness (QED) is 0.575. The van der Waals surface area contributed by atoms with Gasteiger partial charge >= 0.3 is 0 Å². The molecule has 1 atom stereocenters. The van der Waals surface area contributed by atoms with Crippen molar-refractivity contribution in [2.75, 3.05) is 25.2 Å². The fourth-order valence-corrected chi connectivity index (χ4v) is 1.84. The largest absolute Gasteiger partial charge is 0.384 e. The Morgan fingerprint density at radius 2 is 2.35 bits per heavy atom. The summed E-state index contributed by atoms with van der Waals surface area (Å²) in [6, 6.07) is 3.79. The first-order valence-electron chi connectivity index (χ1n) is 5.66. The van der Waals surface area contributed by atoms with Gasteiger partial charge in [-0.15, -0.1) is 0 Å². The second-order valence-electron chi connectivity index (χ2n) is 3.88. The monoisotopic (exact) mass is 236 g/mol. The lowest BCUT2D eigenvalue weighted by Gasteiger charge is -2.30. The zero-order chi connectivity index (χ0) is 12.8. The third-order valence-electron chi connectivity index (χ3n) is 2.63. The summed E-state index contributed by atoms with van der Waals surface area (Å²) >= 11 is 0. The SMILES string of the molecule is CCN(c1ncccc1C(=N)N)C(C)COC. The van der Waals surface area contributed by atoms with Crippen molar-refractivity contribution in [1.82, 2.24) is 4.98 Å². The number of nitrogens with zero attached hydrogens (tertiary/aromatic N) is 2. The smallest absolute Gasteiger partial charge is 0.139 e. The lowest BCUT2D eigenvalue weighted by atomic mass is 10.2. The molecule has 3 N–H and O–H groups in total. The maximum Gasteiger partial charge on any atom is 0.139 e. The summed E-state index contributed by atoms with van der Waals surface area (Å²) in [5.41, 5.74) is 6.23. The number of nitrogens with one attached hydrogen (secondary N) is 1. The summed E-state index contributed by atoms with van der Waals surface area (Å²) in [6.07, 6.45) is 1.71. The summed E-state index contributed by atoms with van der Waals surface area (Å²) < 4.78 is 5.15. The molecule has 0 amide bonds. The Balaban J connectivity index is 3.06. The zero-order valence-electron chi connectivity index (χ0n) is 10.6. The van der Waals surface area contributed by atoms with Crippen molar-refractivity contribution in [1.29, 1.82) is 5.41 Å². The topological polar surface area (TPSA) is 75.2 Å². The fourth-order valence-electron chi connectivity index (χ4n) is 1.84. The molecule has 1 aromatic heterocycles. The van der Waals surface area contributed by atoms with E-state index in [1.807, 2.05) is 13.0 Å². The number of hydrogen-bond donors (Lipinski definition) is 2. The predicted molar refractivity (Wildman–Crippen MR) is 69.6 cm³/mol. The highest BCUT2D eigenvalue weighted by Crippen LogP contribution is 2.18. The third-order valence-corrected chi connectivity index (χ3v) is 2.63. The zero-order valence-corrected chi connectivity index (χ0v) is 10.6. The molecule has 0 aromatic carbocycles. The second-order valence-corrected chi connectivity index (χ2v) is 3.88. The molecule has 94 valence electrons. The maximum atomic E-state index is 7.57. The summed E-state index contributed by atoms with van der Waals surface area (Å²) in [5, 5.41) is 7.57. The number of nitrogen functional groups attached to an aromatic ring is 1. The van der Waals surface area contributed by atoms with Crippen LogP contribution >= 0.6 is 0 Å². The van der Waals surface area contributed by atoms with Gasteiger partial charge in [0.05, 0.1) is 18.2 Å². The van der Waals surface area contributed by atoms with Crippen LogP contribution in [0.25, 0.3) is 0 Å². The lowest BCUT2D eigenvalue weighted by molar-refractivity contribution is 0.181. The van der Waals surface area contributed by atoms with Gasteiger partial charge in [-0.3, -0.25) is 5.41 Å². The summed E-state index contributed by atoms with van der Waals surface area (Å²) in [6.45, 7) is 5.51. The molecule has 1 heterocycles. The highest BCUT2D eigenvalue weighted by atomic mass is 16.5. The van der Waals surface area contributed by atoms with E-state index in [-0.39, 0.29) is 11.9 Å². The van der Waals surface area contributed by atoms with Gasteiger partial charge < -0.3 is 15.4 Å². The number of rotatable bonds is 6. The van der Waals surface area contributed by atoms with E-state index in [2.05, 4.69) is 16.8 Å². The number of hydrogen-bond acceptors (Lipinski definition) is 4. The molecule has 0 aliphatic rings. The average molecular weight is 236 g/mol. The molecule has 0 aliphatic carbocycles. The Hall–Kier alpha value is -1.62. The van der Waals surface area contributed by atoms with Gasteiger partial charge in [-0.2, -0.15) is 0 Å². The summed E-state index contributed by atoms with van der Waals surface area (Å²) in [7, 11) is 1.68. The van der Waals surface area contributed by atoms with E-state index >= 15 is 0 Å². The van der Waals surface area contributed by atoms with E-state index < -0.39 is 0 Å². The Kier molecular flexibility index (Phi) is 4.90. The first kappa shape index (κ1) is 13.4. The van der Waals surface area contributed by atoms with E-state index in [9.17, 15) is 0 Å². The van der Waals surface area contributed by atoms with E-state index in [1.165, 1.54) is 0 Å². The van der Waals surface area contributed by atoms with Crippen LogP contribution in [0.2, 0.25) is 0 Å². The van der Waals surface area contributed by atoms with Crippen LogP contribution in [0.5, 0.6) is 0 Å². The molecule has 0 saturated heterocycles. The van der Waals surface area contributed by atoms with Gasteiger partial charge in [0.15, 0.2) is 0 Å². The normalized spacial score (nSPS) is 12.2. The summed E-state index contributed by atoms with van der Waals surface area (Å²) in [4.78, 5) is 6.41. The standard InChI is InChI=1S/C12H20N4O/c1-4-16(9(2)8-17-3)12-10(11(13)14)6-5-7-15-12/h5-7,9H,4,8H2,1-3H3,(H3,13,14). The number of methoxy groups -OCH3 is 1. The number of nitrogens with two attached hydrogens (primary N) is 1. The lowest BCUT2D eigenvalue weighted by Crippen LogP contribution is -2.38. The number of pyridine rings is 1. The van der Waals surface area contributed by atoms with Crippen molar-refractivity contribution in [3.8, 4) is 0 Å². The molecule has 0 radical (unpaired) electrons. The Labute approximate surface area is 102 Å². The average Bonchev–Trinajstić information content (AvgIpc) is 2.31. The molecule has 1 unspecified atom stereocenters. The van der Waals surface area contributed by atoms with E-state index in [0.717, 1.165) is 12.4 Å². The highest BCUT2D eigenvalue weighted by molar-refractivity contribution is 5.99. The number of anilines is 1. The van der Waals surface area contributed by atoms with Gasteiger partial charge in [0.1, 0.15) is 11.7 Å². The van der Waals surface area contributed by atoms with E-state index in [4.69, 9.17) is 15.9 Å². The Morgan fingerprint density at radius 1 is 1.65 bits per heavy atom. The highest BCUT2D eigenvalue weighted by Gasteiger charge is 2.18. The molecule has 1 rings (SSSR count). The van der Waals surface area contributed by atoms with Crippen LogP contribution in [0, 0.1) is 5.41 Å². The van der Waals surface area contributed by atoms with Gasteiger partial charge in [0, 0.05) is 19.9 Å². The fraction of sp³-hybridized carbons (Fsp3) is 0.500. The Bertz CT molecular complexity index is 381. The molecule has 1 aromatic rings. The van der Waals surface area contributed by atoms with Crippen molar-refractivity contribution in [3.05, 3.63) is 23.9 Å². The number of ether oxygens (including phenoxy) is 1. The van der Waals surface area contributed by atoms with Gasteiger partial charge in [0.2, 0.25) is 0 Å². The van der Waals surface area contributed by atoms with Gasteiger partial charge in [-0.25, -0.2) is 4.98 Å². The number of likely N-dealkylation sites (N-methyl/N-ethyl adjacent to an activating group) is 1. The molecule has 5 nitrogen and oxygen atoms in total.